The second-order valence-corrected chi connectivity index (χ2v) is 11.0. The van der Waals surface area contributed by atoms with Gasteiger partial charge in [0.25, 0.3) is 0 Å². The van der Waals surface area contributed by atoms with Crippen molar-refractivity contribution in [1.29, 1.82) is 10.5 Å². The van der Waals surface area contributed by atoms with E-state index in [2.05, 4.69) is 62.4 Å². The summed E-state index contributed by atoms with van der Waals surface area (Å²) in [6.45, 7) is 4.49. The van der Waals surface area contributed by atoms with Crippen LogP contribution in [0.5, 0.6) is 0 Å². The second-order valence-electron chi connectivity index (χ2n) is 11.0. The highest BCUT2D eigenvalue weighted by Gasteiger charge is 2.49. The minimum Gasteiger partial charge on any atom is -0.192 e. The van der Waals surface area contributed by atoms with Crippen LogP contribution in [-0.4, -0.2) is 0 Å². The molecule has 3 aliphatic carbocycles. The van der Waals surface area contributed by atoms with E-state index in [1.807, 2.05) is 0 Å². The molecule has 3 fully saturated rings. The summed E-state index contributed by atoms with van der Waals surface area (Å²) in [6, 6.07) is 18.2. The standard InChI is InChI=1S/C32H40N2/c1-3-5-6-16-31-17-20-32(21-18-31,22-19-31)30-15-14-27(28(23-33)29(30)24-34)13-12-26-10-8-25(7-4-2)9-11-26/h8-11,14-15H,3-7,12-13,16-22H2,1-2H3. The Morgan fingerprint density at radius 1 is 0.676 bits per heavy atom. The van der Waals surface area contributed by atoms with Gasteiger partial charge in [0, 0.05) is 0 Å². The van der Waals surface area contributed by atoms with Gasteiger partial charge in [0.15, 0.2) is 0 Å². The molecule has 0 heterocycles. The van der Waals surface area contributed by atoms with Gasteiger partial charge in [0.2, 0.25) is 0 Å². The number of fused-ring (bicyclic) bond motifs is 3. The van der Waals surface area contributed by atoms with Crippen molar-refractivity contribution in [2.45, 2.75) is 109 Å². The van der Waals surface area contributed by atoms with Crippen molar-refractivity contribution in [3.63, 3.8) is 0 Å². The minimum absolute atomic E-state index is 0.108. The first-order valence-electron chi connectivity index (χ1n) is 13.6. The Balaban J connectivity index is 1.51. The summed E-state index contributed by atoms with van der Waals surface area (Å²) in [5, 5.41) is 20.2. The number of unbranched alkanes of at least 4 members (excludes halogenated alkanes) is 2. The highest BCUT2D eigenvalue weighted by molar-refractivity contribution is 5.57. The van der Waals surface area contributed by atoms with Gasteiger partial charge >= 0.3 is 0 Å². The van der Waals surface area contributed by atoms with E-state index in [0.29, 0.717) is 16.5 Å². The van der Waals surface area contributed by atoms with Gasteiger partial charge in [-0.2, -0.15) is 10.5 Å². The van der Waals surface area contributed by atoms with E-state index in [1.54, 1.807) is 0 Å². The Morgan fingerprint density at radius 3 is 1.85 bits per heavy atom. The van der Waals surface area contributed by atoms with Crippen LogP contribution in [0.2, 0.25) is 0 Å². The van der Waals surface area contributed by atoms with Gasteiger partial charge in [-0.1, -0.05) is 75.9 Å². The predicted octanol–water partition coefficient (Wildman–Crippen LogP) is 8.34. The molecular formula is C32H40N2. The normalized spacial score (nSPS) is 23.4. The van der Waals surface area contributed by atoms with E-state index >= 15 is 0 Å². The van der Waals surface area contributed by atoms with E-state index in [1.165, 1.54) is 80.9 Å². The molecule has 0 aromatic heterocycles. The van der Waals surface area contributed by atoms with E-state index < -0.39 is 0 Å². The topological polar surface area (TPSA) is 47.6 Å². The Hall–Kier alpha value is -2.58. The Morgan fingerprint density at radius 2 is 1.29 bits per heavy atom. The predicted molar refractivity (Wildman–Crippen MR) is 140 cm³/mol. The minimum atomic E-state index is 0.108. The largest absolute Gasteiger partial charge is 0.192 e. The molecular weight excluding hydrogens is 412 g/mol. The van der Waals surface area contributed by atoms with E-state index in [9.17, 15) is 10.5 Å². The maximum absolute atomic E-state index is 10.2. The number of benzene rings is 2. The molecule has 5 rings (SSSR count). The van der Waals surface area contributed by atoms with Crippen LogP contribution in [0.15, 0.2) is 36.4 Å². The fraction of sp³-hybridized carbons (Fsp3) is 0.562. The Labute approximate surface area is 207 Å². The van der Waals surface area contributed by atoms with Gasteiger partial charge in [-0.3, -0.25) is 0 Å². The average molecular weight is 453 g/mol. The summed E-state index contributed by atoms with van der Waals surface area (Å²) in [5.74, 6) is 0. The number of aryl methyl sites for hydroxylation is 3. The molecule has 3 saturated carbocycles. The highest BCUT2D eigenvalue weighted by Crippen LogP contribution is 2.60. The lowest BCUT2D eigenvalue weighted by Gasteiger charge is -2.54. The third-order valence-electron chi connectivity index (χ3n) is 9.04. The number of nitriles is 2. The fourth-order valence-electron chi connectivity index (χ4n) is 6.77. The molecule has 2 bridgehead atoms. The molecule has 0 atom stereocenters. The summed E-state index contributed by atoms with van der Waals surface area (Å²) < 4.78 is 0. The zero-order valence-electron chi connectivity index (χ0n) is 21.3. The van der Waals surface area contributed by atoms with Gasteiger partial charge in [0.05, 0.1) is 11.1 Å². The average Bonchev–Trinajstić information content (AvgIpc) is 2.89. The molecule has 0 aliphatic heterocycles. The van der Waals surface area contributed by atoms with E-state index in [0.717, 1.165) is 31.2 Å². The smallest absolute Gasteiger partial charge is 0.101 e. The van der Waals surface area contributed by atoms with Crippen LogP contribution in [0.3, 0.4) is 0 Å². The Kier molecular flexibility index (Phi) is 7.78. The van der Waals surface area contributed by atoms with Crippen molar-refractivity contribution in [3.8, 4) is 12.1 Å². The highest BCUT2D eigenvalue weighted by atomic mass is 14.5. The number of nitrogens with zero attached hydrogens (tertiary/aromatic N) is 2. The van der Waals surface area contributed by atoms with Gasteiger partial charge in [-0.25, -0.2) is 0 Å². The van der Waals surface area contributed by atoms with E-state index in [4.69, 9.17) is 0 Å². The van der Waals surface area contributed by atoms with Gasteiger partial charge in [-0.15, -0.1) is 0 Å². The first-order chi connectivity index (χ1) is 16.6. The molecule has 2 nitrogen and oxygen atoms in total. The maximum atomic E-state index is 10.2. The van der Waals surface area contributed by atoms with Crippen molar-refractivity contribution in [2.75, 3.05) is 0 Å². The molecule has 178 valence electrons. The van der Waals surface area contributed by atoms with Crippen LogP contribution < -0.4 is 0 Å². The summed E-state index contributed by atoms with van der Waals surface area (Å²) in [7, 11) is 0. The first-order valence-corrected chi connectivity index (χ1v) is 13.6. The fourth-order valence-corrected chi connectivity index (χ4v) is 6.77. The molecule has 0 unspecified atom stereocenters. The third kappa shape index (κ3) is 4.93. The monoisotopic (exact) mass is 452 g/mol. The second kappa shape index (κ2) is 10.8. The van der Waals surface area contributed by atoms with Gasteiger partial charge in [-0.05, 0) is 97.3 Å². The molecule has 0 amide bonds. The van der Waals surface area contributed by atoms with Crippen LogP contribution in [0, 0.1) is 28.1 Å². The first kappa shape index (κ1) is 24.5. The van der Waals surface area contributed by atoms with Crippen LogP contribution in [-0.2, 0) is 24.7 Å². The summed E-state index contributed by atoms with van der Waals surface area (Å²) in [6.07, 6.45) is 16.8. The molecule has 2 heteroatoms. The van der Waals surface area contributed by atoms with Crippen LogP contribution in [0.1, 0.15) is 118 Å². The van der Waals surface area contributed by atoms with Crippen molar-refractivity contribution in [1.82, 2.24) is 0 Å². The number of hydrogen-bond donors (Lipinski definition) is 0. The van der Waals surface area contributed by atoms with Crippen molar-refractivity contribution in [3.05, 3.63) is 69.8 Å². The van der Waals surface area contributed by atoms with Crippen molar-refractivity contribution < 1.29 is 0 Å². The lowest BCUT2D eigenvalue weighted by Crippen LogP contribution is -2.44. The Bertz CT molecular complexity index is 1040. The van der Waals surface area contributed by atoms with Crippen molar-refractivity contribution in [2.24, 2.45) is 5.41 Å². The van der Waals surface area contributed by atoms with Crippen LogP contribution in [0.25, 0.3) is 0 Å². The summed E-state index contributed by atoms with van der Waals surface area (Å²) in [5.41, 5.74) is 6.82. The van der Waals surface area contributed by atoms with Crippen LogP contribution in [0.4, 0.5) is 0 Å². The molecule has 0 radical (unpaired) electrons. The molecule has 0 N–H and O–H groups in total. The molecule has 0 spiro atoms. The van der Waals surface area contributed by atoms with Gasteiger partial charge in [0.1, 0.15) is 12.1 Å². The molecule has 2 aromatic rings. The molecule has 3 aliphatic rings. The summed E-state index contributed by atoms with van der Waals surface area (Å²) >= 11 is 0. The quantitative estimate of drug-likeness (QED) is 0.340. The van der Waals surface area contributed by atoms with Crippen molar-refractivity contribution >= 4 is 0 Å². The van der Waals surface area contributed by atoms with Crippen LogP contribution >= 0.6 is 0 Å². The number of rotatable bonds is 10. The lowest BCUT2D eigenvalue weighted by atomic mass is 9.50. The zero-order chi connectivity index (χ0) is 24.0. The maximum Gasteiger partial charge on any atom is 0.101 e. The summed E-state index contributed by atoms with van der Waals surface area (Å²) in [4.78, 5) is 0. The SMILES string of the molecule is CCCCCC12CCC(c3ccc(CCc4ccc(CCC)cc4)c(C#N)c3C#N)(CC1)CC2. The molecule has 0 saturated heterocycles. The zero-order valence-corrected chi connectivity index (χ0v) is 21.3. The third-order valence-corrected chi connectivity index (χ3v) is 9.04. The van der Waals surface area contributed by atoms with E-state index in [-0.39, 0.29) is 5.41 Å². The molecule has 2 aromatic carbocycles. The lowest BCUT2D eigenvalue weighted by molar-refractivity contribution is 0.0304. The van der Waals surface area contributed by atoms with Gasteiger partial charge < -0.3 is 0 Å². The number of hydrogen-bond acceptors (Lipinski definition) is 2. The molecule has 34 heavy (non-hydrogen) atoms.